The van der Waals surface area contributed by atoms with Gasteiger partial charge in [0.1, 0.15) is 11.6 Å². The summed E-state index contributed by atoms with van der Waals surface area (Å²) in [4.78, 5) is 15.8. The monoisotopic (exact) mass is 326 g/mol. The molecule has 0 aliphatic heterocycles. The van der Waals surface area contributed by atoms with Crippen LogP contribution in [0.3, 0.4) is 0 Å². The minimum Gasteiger partial charge on any atom is -0.444 e. The van der Waals surface area contributed by atoms with E-state index in [1.807, 2.05) is 6.92 Å². The van der Waals surface area contributed by atoms with Gasteiger partial charge in [0.25, 0.3) is 5.91 Å². The second-order valence-electron chi connectivity index (χ2n) is 3.88. The van der Waals surface area contributed by atoms with Crippen LogP contribution >= 0.6 is 15.9 Å². The summed E-state index contributed by atoms with van der Waals surface area (Å²) in [5.41, 5.74) is -0.0170. The van der Waals surface area contributed by atoms with Crippen LogP contribution in [0.1, 0.15) is 28.9 Å². The van der Waals surface area contributed by atoms with E-state index in [0.29, 0.717) is 10.4 Å². The van der Waals surface area contributed by atoms with Crippen LogP contribution in [-0.2, 0) is 13.0 Å². The van der Waals surface area contributed by atoms with Crippen LogP contribution in [0, 0.1) is 5.82 Å². The molecule has 1 N–H and O–H groups in total. The second kappa shape index (κ2) is 5.97. The first-order valence-electron chi connectivity index (χ1n) is 5.77. The fourth-order valence-corrected chi connectivity index (χ4v) is 1.88. The van der Waals surface area contributed by atoms with Crippen molar-refractivity contribution >= 4 is 21.8 Å². The number of nitrogens with one attached hydrogen (secondary N) is 1. The van der Waals surface area contributed by atoms with Crippen molar-refractivity contribution in [1.82, 2.24) is 10.3 Å². The Hall–Kier alpha value is -1.69. The normalized spacial score (nSPS) is 10.5. The lowest BCUT2D eigenvalue weighted by atomic mass is 10.2. The molecule has 0 bridgehead atoms. The third-order valence-corrected chi connectivity index (χ3v) is 3.02. The van der Waals surface area contributed by atoms with Gasteiger partial charge in [-0.25, -0.2) is 9.37 Å². The van der Waals surface area contributed by atoms with Gasteiger partial charge < -0.3 is 9.73 Å². The van der Waals surface area contributed by atoms with Crippen LogP contribution in [0.15, 0.2) is 33.3 Å². The van der Waals surface area contributed by atoms with E-state index in [9.17, 15) is 9.18 Å². The Morgan fingerprint density at radius 2 is 2.32 bits per heavy atom. The summed E-state index contributed by atoms with van der Waals surface area (Å²) >= 11 is 3.20. The summed E-state index contributed by atoms with van der Waals surface area (Å²) in [6.07, 6.45) is 2.35. The topological polar surface area (TPSA) is 55.1 Å². The third kappa shape index (κ3) is 3.41. The standard InChI is InChI=1S/C13H12BrFN2O2/c1-2-9-6-16-12(19-9)7-17-13(18)10-5-8(14)3-4-11(10)15/h3-6H,2,7H2,1H3,(H,17,18). The van der Waals surface area contributed by atoms with E-state index in [-0.39, 0.29) is 12.1 Å². The highest BCUT2D eigenvalue weighted by molar-refractivity contribution is 9.10. The van der Waals surface area contributed by atoms with Crippen LogP contribution in [-0.4, -0.2) is 10.9 Å². The highest BCUT2D eigenvalue weighted by Gasteiger charge is 2.13. The van der Waals surface area contributed by atoms with E-state index in [4.69, 9.17) is 4.42 Å². The van der Waals surface area contributed by atoms with E-state index < -0.39 is 11.7 Å². The van der Waals surface area contributed by atoms with Crippen molar-refractivity contribution in [1.29, 1.82) is 0 Å². The zero-order chi connectivity index (χ0) is 13.8. The van der Waals surface area contributed by atoms with Crippen molar-refractivity contribution < 1.29 is 13.6 Å². The molecule has 2 rings (SSSR count). The Kier molecular flexibility index (Phi) is 4.31. The molecule has 19 heavy (non-hydrogen) atoms. The maximum absolute atomic E-state index is 13.5. The molecule has 0 saturated heterocycles. The number of carbonyl (C=O) groups excluding carboxylic acids is 1. The highest BCUT2D eigenvalue weighted by Crippen LogP contribution is 2.15. The van der Waals surface area contributed by atoms with E-state index in [2.05, 4.69) is 26.2 Å². The average Bonchev–Trinajstić information content (AvgIpc) is 2.87. The molecule has 0 radical (unpaired) electrons. The minimum absolute atomic E-state index is 0.0170. The molecule has 1 heterocycles. The minimum atomic E-state index is -0.567. The molecule has 0 atom stereocenters. The predicted molar refractivity (Wildman–Crippen MR) is 71.2 cm³/mol. The number of rotatable bonds is 4. The van der Waals surface area contributed by atoms with Gasteiger partial charge in [-0.1, -0.05) is 22.9 Å². The number of amides is 1. The number of hydrogen-bond donors (Lipinski definition) is 1. The van der Waals surface area contributed by atoms with Crippen molar-refractivity contribution in [3.63, 3.8) is 0 Å². The van der Waals surface area contributed by atoms with Gasteiger partial charge >= 0.3 is 0 Å². The van der Waals surface area contributed by atoms with Crippen LogP contribution < -0.4 is 5.32 Å². The molecule has 0 fully saturated rings. The fourth-order valence-electron chi connectivity index (χ4n) is 1.52. The zero-order valence-corrected chi connectivity index (χ0v) is 11.8. The predicted octanol–water partition coefficient (Wildman–Crippen LogP) is 3.07. The summed E-state index contributed by atoms with van der Waals surface area (Å²) in [7, 11) is 0. The first-order valence-corrected chi connectivity index (χ1v) is 6.56. The molecular weight excluding hydrogens is 315 g/mol. The highest BCUT2D eigenvalue weighted by atomic mass is 79.9. The molecular formula is C13H12BrFN2O2. The molecule has 4 nitrogen and oxygen atoms in total. The van der Waals surface area contributed by atoms with E-state index >= 15 is 0 Å². The van der Waals surface area contributed by atoms with Crippen molar-refractivity contribution in [2.75, 3.05) is 0 Å². The van der Waals surface area contributed by atoms with Crippen molar-refractivity contribution in [2.45, 2.75) is 19.9 Å². The van der Waals surface area contributed by atoms with Gasteiger partial charge in [-0.15, -0.1) is 0 Å². The number of benzene rings is 1. The number of halogens is 2. The van der Waals surface area contributed by atoms with Gasteiger partial charge in [-0.2, -0.15) is 0 Å². The van der Waals surface area contributed by atoms with Crippen LogP contribution in [0.2, 0.25) is 0 Å². The molecule has 6 heteroatoms. The Morgan fingerprint density at radius 1 is 1.53 bits per heavy atom. The van der Waals surface area contributed by atoms with E-state index in [1.165, 1.54) is 18.2 Å². The quantitative estimate of drug-likeness (QED) is 0.939. The van der Waals surface area contributed by atoms with Gasteiger partial charge in [0.2, 0.25) is 5.89 Å². The number of aromatic nitrogens is 1. The zero-order valence-electron chi connectivity index (χ0n) is 10.2. The Morgan fingerprint density at radius 3 is 3.00 bits per heavy atom. The number of nitrogens with zero attached hydrogens (tertiary/aromatic N) is 1. The summed E-state index contributed by atoms with van der Waals surface area (Å²) in [6.45, 7) is 2.07. The molecule has 100 valence electrons. The van der Waals surface area contributed by atoms with E-state index in [1.54, 1.807) is 6.20 Å². The van der Waals surface area contributed by atoms with Gasteiger partial charge in [0, 0.05) is 10.9 Å². The number of oxazole rings is 1. The average molecular weight is 327 g/mol. The lowest BCUT2D eigenvalue weighted by molar-refractivity contribution is 0.0943. The maximum Gasteiger partial charge on any atom is 0.254 e. The second-order valence-corrected chi connectivity index (χ2v) is 4.80. The van der Waals surface area contributed by atoms with Crippen LogP contribution in [0.5, 0.6) is 0 Å². The van der Waals surface area contributed by atoms with Gasteiger partial charge in [0.05, 0.1) is 18.3 Å². The van der Waals surface area contributed by atoms with Crippen molar-refractivity contribution in [3.05, 3.63) is 51.9 Å². The maximum atomic E-state index is 13.5. The van der Waals surface area contributed by atoms with Crippen molar-refractivity contribution in [3.8, 4) is 0 Å². The van der Waals surface area contributed by atoms with Crippen LogP contribution in [0.4, 0.5) is 4.39 Å². The molecule has 0 spiro atoms. The Bertz CT molecular complexity index is 598. The van der Waals surface area contributed by atoms with Crippen molar-refractivity contribution in [2.24, 2.45) is 0 Å². The smallest absolute Gasteiger partial charge is 0.254 e. The SMILES string of the molecule is CCc1cnc(CNC(=O)c2cc(Br)ccc2F)o1. The lowest BCUT2D eigenvalue weighted by Crippen LogP contribution is -2.24. The number of aryl methyl sites for hydroxylation is 1. The molecule has 0 saturated carbocycles. The lowest BCUT2D eigenvalue weighted by Gasteiger charge is -2.04. The molecule has 1 aromatic carbocycles. The fraction of sp³-hybridized carbons (Fsp3) is 0.231. The molecule has 0 aliphatic rings. The molecule has 2 aromatic rings. The van der Waals surface area contributed by atoms with Gasteiger partial charge in [-0.3, -0.25) is 4.79 Å². The number of carbonyl (C=O) groups is 1. The Balaban J connectivity index is 2.03. The third-order valence-electron chi connectivity index (χ3n) is 2.52. The molecule has 0 aliphatic carbocycles. The first kappa shape index (κ1) is 13.7. The number of hydrogen-bond acceptors (Lipinski definition) is 3. The molecule has 0 unspecified atom stereocenters. The first-order chi connectivity index (χ1) is 9.10. The summed E-state index contributed by atoms with van der Waals surface area (Å²) in [6, 6.07) is 4.20. The Labute approximate surface area is 118 Å². The largest absolute Gasteiger partial charge is 0.444 e. The van der Waals surface area contributed by atoms with Gasteiger partial charge in [0.15, 0.2) is 0 Å². The summed E-state index contributed by atoms with van der Waals surface area (Å²) in [5.74, 6) is 0.0795. The van der Waals surface area contributed by atoms with E-state index in [0.717, 1.165) is 12.2 Å². The molecule has 1 amide bonds. The molecule has 1 aromatic heterocycles. The summed E-state index contributed by atoms with van der Waals surface area (Å²) in [5, 5.41) is 2.56. The van der Waals surface area contributed by atoms with Crippen LogP contribution in [0.25, 0.3) is 0 Å². The summed E-state index contributed by atoms with van der Waals surface area (Å²) < 4.78 is 19.5. The van der Waals surface area contributed by atoms with Gasteiger partial charge in [-0.05, 0) is 18.2 Å².